The van der Waals surface area contributed by atoms with Gasteiger partial charge in [0.15, 0.2) is 0 Å². The third-order valence-corrected chi connectivity index (χ3v) is 1.71. The van der Waals surface area contributed by atoms with Crippen molar-refractivity contribution in [3.05, 3.63) is 16.8 Å². The lowest BCUT2D eigenvalue weighted by molar-refractivity contribution is 0.324. The first-order valence-electron chi connectivity index (χ1n) is 4.70. The maximum Gasteiger partial charge on any atom is 0.219 e. The molecule has 80 valence electrons. The minimum Gasteiger partial charge on any atom is -0.478 e. The Bertz CT molecular complexity index is 290. The van der Waals surface area contributed by atoms with Crippen LogP contribution in [0.4, 0.5) is 5.69 Å². The van der Waals surface area contributed by atoms with Crippen molar-refractivity contribution in [3.8, 4) is 5.88 Å². The van der Waals surface area contributed by atoms with Crippen LogP contribution in [0.3, 0.4) is 0 Å². The van der Waals surface area contributed by atoms with Crippen LogP contribution in [0.1, 0.15) is 26.3 Å². The summed E-state index contributed by atoms with van der Waals surface area (Å²) in [5.74, 6) is 0.516. The molecule has 0 saturated heterocycles. The average molecular weight is 217 g/mol. The summed E-state index contributed by atoms with van der Waals surface area (Å²) in [4.78, 5) is 3.99. The van der Waals surface area contributed by atoms with Crippen molar-refractivity contribution in [2.24, 2.45) is 0 Å². The van der Waals surface area contributed by atoms with Crippen LogP contribution in [0.2, 0.25) is 5.15 Å². The minimum absolute atomic E-state index is 0.363. The average Bonchev–Trinajstić information content (AvgIpc) is 2.17. The molecular formula is C10H17ClN2O. The van der Waals surface area contributed by atoms with E-state index in [2.05, 4.69) is 4.98 Å². The highest BCUT2D eigenvalue weighted by Gasteiger charge is 2.05. The predicted octanol–water partition coefficient (Wildman–Crippen LogP) is 3.05. The number of pyridine rings is 1. The van der Waals surface area contributed by atoms with Gasteiger partial charge in [-0.15, -0.1) is 0 Å². The molecule has 0 aliphatic rings. The molecule has 0 unspecified atom stereocenters. The summed E-state index contributed by atoms with van der Waals surface area (Å²) in [6.07, 6.45) is 0. The zero-order valence-electron chi connectivity index (χ0n) is 9.10. The van der Waals surface area contributed by atoms with E-state index in [9.17, 15) is 0 Å². The van der Waals surface area contributed by atoms with Gasteiger partial charge in [0.2, 0.25) is 5.88 Å². The van der Waals surface area contributed by atoms with Gasteiger partial charge in [0, 0.05) is 11.3 Å². The van der Waals surface area contributed by atoms with Crippen molar-refractivity contribution in [1.82, 2.24) is 4.98 Å². The number of hydrogen-bond donors (Lipinski definition) is 1. The van der Waals surface area contributed by atoms with E-state index in [4.69, 9.17) is 22.1 Å². The number of nitrogens with zero attached hydrogens (tertiary/aromatic N) is 1. The SMILES string of the molecule is CC.CCOc1nc(Cl)cc(N)c1C. The summed E-state index contributed by atoms with van der Waals surface area (Å²) in [5.41, 5.74) is 7.09. The van der Waals surface area contributed by atoms with Gasteiger partial charge in [0.1, 0.15) is 5.15 Å². The molecule has 4 heteroatoms. The fourth-order valence-corrected chi connectivity index (χ4v) is 1.04. The quantitative estimate of drug-likeness (QED) is 0.773. The minimum atomic E-state index is 0.363. The highest BCUT2D eigenvalue weighted by atomic mass is 35.5. The topological polar surface area (TPSA) is 48.1 Å². The van der Waals surface area contributed by atoms with E-state index >= 15 is 0 Å². The van der Waals surface area contributed by atoms with Gasteiger partial charge in [-0.1, -0.05) is 25.4 Å². The molecule has 0 amide bonds. The molecule has 0 atom stereocenters. The number of anilines is 1. The highest BCUT2D eigenvalue weighted by Crippen LogP contribution is 2.24. The lowest BCUT2D eigenvalue weighted by Gasteiger charge is -2.07. The smallest absolute Gasteiger partial charge is 0.219 e. The highest BCUT2D eigenvalue weighted by molar-refractivity contribution is 6.29. The van der Waals surface area contributed by atoms with Crippen molar-refractivity contribution >= 4 is 17.3 Å². The number of nitrogens with two attached hydrogens (primary N) is 1. The largest absolute Gasteiger partial charge is 0.478 e. The van der Waals surface area contributed by atoms with Gasteiger partial charge in [-0.2, -0.15) is 0 Å². The molecule has 14 heavy (non-hydrogen) atoms. The van der Waals surface area contributed by atoms with Gasteiger partial charge < -0.3 is 10.5 Å². The van der Waals surface area contributed by atoms with Crippen LogP contribution in [0.5, 0.6) is 5.88 Å². The summed E-state index contributed by atoms with van der Waals surface area (Å²) in [6, 6.07) is 1.61. The standard InChI is InChI=1S/C8H11ClN2O.C2H6/c1-3-12-8-5(2)6(10)4-7(9)11-8;1-2/h4H,3H2,1-2H3,(H2,10,11);1-2H3. The third-order valence-electron chi connectivity index (χ3n) is 1.52. The summed E-state index contributed by atoms with van der Waals surface area (Å²) < 4.78 is 5.22. The Morgan fingerprint density at radius 2 is 2.07 bits per heavy atom. The summed E-state index contributed by atoms with van der Waals surface area (Å²) in [6.45, 7) is 8.30. The van der Waals surface area contributed by atoms with Crippen molar-refractivity contribution in [2.45, 2.75) is 27.7 Å². The van der Waals surface area contributed by atoms with Crippen LogP contribution >= 0.6 is 11.6 Å². The maximum absolute atomic E-state index is 5.69. The molecule has 0 spiro atoms. The molecular weight excluding hydrogens is 200 g/mol. The molecule has 0 bridgehead atoms. The fourth-order valence-electron chi connectivity index (χ4n) is 0.850. The second kappa shape index (κ2) is 6.49. The van der Waals surface area contributed by atoms with Crippen molar-refractivity contribution < 1.29 is 4.74 Å². The zero-order chi connectivity index (χ0) is 11.1. The van der Waals surface area contributed by atoms with Crippen molar-refractivity contribution in [2.75, 3.05) is 12.3 Å². The molecule has 1 aromatic heterocycles. The first-order valence-corrected chi connectivity index (χ1v) is 5.08. The zero-order valence-corrected chi connectivity index (χ0v) is 9.85. The Kier molecular flexibility index (Phi) is 6.04. The molecule has 1 aromatic rings. The Labute approximate surface area is 90.2 Å². The Balaban J connectivity index is 0.000000791. The predicted molar refractivity (Wildman–Crippen MR) is 60.9 cm³/mol. The van der Waals surface area contributed by atoms with Crippen LogP contribution < -0.4 is 10.5 Å². The van der Waals surface area contributed by atoms with Gasteiger partial charge in [0.05, 0.1) is 6.61 Å². The maximum atomic E-state index is 5.69. The van der Waals surface area contributed by atoms with Gasteiger partial charge in [-0.3, -0.25) is 0 Å². The summed E-state index contributed by atoms with van der Waals surface area (Å²) in [5, 5.41) is 0.363. The van der Waals surface area contributed by atoms with Crippen molar-refractivity contribution in [1.29, 1.82) is 0 Å². The normalized spacial score (nSPS) is 8.93. The van der Waals surface area contributed by atoms with Gasteiger partial charge in [-0.25, -0.2) is 4.98 Å². The van der Waals surface area contributed by atoms with Crippen LogP contribution in [0, 0.1) is 6.92 Å². The fraction of sp³-hybridized carbons (Fsp3) is 0.500. The molecule has 3 nitrogen and oxygen atoms in total. The van der Waals surface area contributed by atoms with E-state index in [1.807, 2.05) is 27.7 Å². The van der Waals surface area contributed by atoms with Crippen LogP contribution in [-0.4, -0.2) is 11.6 Å². The first kappa shape index (κ1) is 13.0. The number of nitrogen functional groups attached to an aromatic ring is 1. The molecule has 0 fully saturated rings. The van der Waals surface area contributed by atoms with E-state index in [0.29, 0.717) is 23.3 Å². The van der Waals surface area contributed by atoms with E-state index in [-0.39, 0.29) is 0 Å². The first-order chi connectivity index (χ1) is 6.65. The number of aromatic nitrogens is 1. The van der Waals surface area contributed by atoms with Gasteiger partial charge in [0.25, 0.3) is 0 Å². The summed E-state index contributed by atoms with van der Waals surface area (Å²) in [7, 11) is 0. The van der Waals surface area contributed by atoms with Crippen LogP contribution in [0.15, 0.2) is 6.07 Å². The summed E-state index contributed by atoms with van der Waals surface area (Å²) >= 11 is 5.69. The van der Waals surface area contributed by atoms with E-state index < -0.39 is 0 Å². The third kappa shape index (κ3) is 3.42. The van der Waals surface area contributed by atoms with Crippen LogP contribution in [0.25, 0.3) is 0 Å². The number of ether oxygens (including phenoxy) is 1. The second-order valence-corrected chi connectivity index (χ2v) is 2.78. The number of halogens is 1. The van der Waals surface area contributed by atoms with Crippen molar-refractivity contribution in [3.63, 3.8) is 0 Å². The molecule has 0 aliphatic carbocycles. The Hall–Kier alpha value is -0.960. The number of hydrogen-bond acceptors (Lipinski definition) is 3. The molecule has 0 radical (unpaired) electrons. The van der Waals surface area contributed by atoms with Gasteiger partial charge in [-0.05, 0) is 19.9 Å². The number of rotatable bonds is 2. The molecule has 1 heterocycles. The van der Waals surface area contributed by atoms with Crippen LogP contribution in [-0.2, 0) is 0 Å². The monoisotopic (exact) mass is 216 g/mol. The molecule has 1 rings (SSSR count). The molecule has 0 aromatic carbocycles. The lowest BCUT2D eigenvalue weighted by atomic mass is 10.2. The van der Waals surface area contributed by atoms with E-state index in [1.54, 1.807) is 6.07 Å². The lowest BCUT2D eigenvalue weighted by Crippen LogP contribution is -2.00. The molecule has 0 saturated carbocycles. The molecule has 0 aliphatic heterocycles. The molecule has 2 N–H and O–H groups in total. The Morgan fingerprint density at radius 1 is 1.50 bits per heavy atom. The second-order valence-electron chi connectivity index (χ2n) is 2.40. The van der Waals surface area contributed by atoms with E-state index in [0.717, 1.165) is 5.56 Å². The van der Waals surface area contributed by atoms with E-state index in [1.165, 1.54) is 0 Å². The van der Waals surface area contributed by atoms with Gasteiger partial charge >= 0.3 is 0 Å². The Morgan fingerprint density at radius 3 is 2.57 bits per heavy atom.